The van der Waals surface area contributed by atoms with Crippen molar-refractivity contribution < 1.29 is 9.47 Å². The van der Waals surface area contributed by atoms with Gasteiger partial charge in [-0.3, -0.25) is 9.36 Å². The van der Waals surface area contributed by atoms with E-state index in [1.165, 1.54) is 5.57 Å². The molecule has 1 aromatic heterocycles. The molecule has 3 atom stereocenters. The molecule has 3 aliphatic rings. The Kier molecular flexibility index (Phi) is 3.31. The second-order valence-electron chi connectivity index (χ2n) is 6.95. The quantitative estimate of drug-likeness (QED) is 0.809. The zero-order valence-electron chi connectivity index (χ0n) is 13.5. The van der Waals surface area contributed by atoms with Gasteiger partial charge in [-0.1, -0.05) is 18.2 Å². The van der Waals surface area contributed by atoms with Crippen molar-refractivity contribution in [1.82, 2.24) is 9.55 Å². The molecule has 0 radical (unpaired) electrons. The highest BCUT2D eigenvalue weighted by Crippen LogP contribution is 2.35. The van der Waals surface area contributed by atoms with Gasteiger partial charge in [-0.25, -0.2) is 4.98 Å². The first-order valence-corrected chi connectivity index (χ1v) is 8.73. The molecule has 5 rings (SSSR count). The van der Waals surface area contributed by atoms with E-state index in [1.54, 1.807) is 0 Å². The van der Waals surface area contributed by atoms with Crippen molar-refractivity contribution in [1.29, 1.82) is 0 Å². The standard InChI is InChI=1S/C19H20N2O3/c22-19-14-3-1-2-4-15(14)20-18-13(7-8-21(18)19)9-12-5-6-16-17(10-12)24-11-23-16/h1-4,9,12,16-17H,5-8,10-11H2/b13-9+. The number of allylic oxidation sites excluding steroid dienone is 2. The lowest BCUT2D eigenvalue weighted by Gasteiger charge is -2.28. The Balaban J connectivity index is 1.51. The summed E-state index contributed by atoms with van der Waals surface area (Å²) in [6.45, 7) is 1.17. The molecule has 1 aliphatic carbocycles. The van der Waals surface area contributed by atoms with E-state index in [9.17, 15) is 4.79 Å². The SMILES string of the molecule is O=c1c2ccccc2nc2n1CC/C2=C\C1CCC2OCOC2C1. The summed E-state index contributed by atoms with van der Waals surface area (Å²) in [5.41, 5.74) is 2.08. The zero-order chi connectivity index (χ0) is 16.1. The Hall–Kier alpha value is -1.98. The third-order valence-corrected chi connectivity index (χ3v) is 5.53. The normalized spacial score (nSPS) is 30.7. The van der Waals surface area contributed by atoms with Gasteiger partial charge in [0.2, 0.25) is 0 Å². The molecule has 0 spiro atoms. The van der Waals surface area contributed by atoms with Crippen molar-refractivity contribution in [2.45, 2.75) is 44.4 Å². The molecule has 2 aromatic rings. The number of para-hydroxylation sites is 1. The summed E-state index contributed by atoms with van der Waals surface area (Å²) in [7, 11) is 0. The fourth-order valence-corrected chi connectivity index (χ4v) is 4.27. The third kappa shape index (κ3) is 2.23. The van der Waals surface area contributed by atoms with Gasteiger partial charge in [-0.05, 0) is 49.3 Å². The van der Waals surface area contributed by atoms with Gasteiger partial charge >= 0.3 is 0 Å². The van der Waals surface area contributed by atoms with Gasteiger partial charge < -0.3 is 9.47 Å². The predicted octanol–water partition coefficient (Wildman–Crippen LogP) is 2.73. The predicted molar refractivity (Wildman–Crippen MR) is 90.6 cm³/mol. The van der Waals surface area contributed by atoms with Crippen LogP contribution in [0.1, 0.15) is 31.5 Å². The van der Waals surface area contributed by atoms with Crippen LogP contribution in [0.2, 0.25) is 0 Å². The van der Waals surface area contributed by atoms with E-state index in [4.69, 9.17) is 14.5 Å². The number of aromatic nitrogens is 2. The van der Waals surface area contributed by atoms with E-state index >= 15 is 0 Å². The summed E-state index contributed by atoms with van der Waals surface area (Å²) in [6.07, 6.45) is 6.90. The zero-order valence-corrected chi connectivity index (χ0v) is 13.5. The maximum Gasteiger partial charge on any atom is 0.261 e. The smallest absolute Gasteiger partial charge is 0.261 e. The average molecular weight is 324 g/mol. The number of hydrogen-bond donors (Lipinski definition) is 0. The molecule has 0 amide bonds. The molecule has 2 fully saturated rings. The summed E-state index contributed by atoms with van der Waals surface area (Å²) in [4.78, 5) is 17.4. The fraction of sp³-hybridized carbons (Fsp3) is 0.474. The first-order chi connectivity index (χ1) is 11.8. The molecule has 0 bridgehead atoms. The van der Waals surface area contributed by atoms with Gasteiger partial charge in [0.1, 0.15) is 12.6 Å². The van der Waals surface area contributed by atoms with Crippen LogP contribution in [-0.4, -0.2) is 28.6 Å². The minimum atomic E-state index is 0.0789. The molecule has 1 saturated heterocycles. The Morgan fingerprint density at radius 3 is 3.00 bits per heavy atom. The summed E-state index contributed by atoms with van der Waals surface area (Å²) in [5, 5.41) is 0.708. The van der Waals surface area contributed by atoms with Crippen LogP contribution in [0.5, 0.6) is 0 Å². The molecule has 1 saturated carbocycles. The molecule has 5 heteroatoms. The average Bonchev–Trinajstić information content (AvgIpc) is 3.22. The number of ether oxygens (including phenoxy) is 2. The maximum atomic E-state index is 12.7. The lowest BCUT2D eigenvalue weighted by molar-refractivity contribution is 0.0392. The van der Waals surface area contributed by atoms with Crippen molar-refractivity contribution in [3.05, 3.63) is 46.5 Å². The summed E-state index contributed by atoms with van der Waals surface area (Å²) in [5.74, 6) is 1.34. The van der Waals surface area contributed by atoms with Crippen LogP contribution in [0.3, 0.4) is 0 Å². The van der Waals surface area contributed by atoms with Gasteiger partial charge in [0.15, 0.2) is 0 Å². The molecule has 5 nitrogen and oxygen atoms in total. The molecular weight excluding hydrogens is 304 g/mol. The van der Waals surface area contributed by atoms with Crippen LogP contribution < -0.4 is 5.56 Å². The number of rotatable bonds is 1. The number of hydrogen-bond acceptors (Lipinski definition) is 4. The van der Waals surface area contributed by atoms with Crippen molar-refractivity contribution in [2.24, 2.45) is 5.92 Å². The van der Waals surface area contributed by atoms with Crippen LogP contribution >= 0.6 is 0 Å². The van der Waals surface area contributed by atoms with Crippen LogP contribution in [0, 0.1) is 5.92 Å². The van der Waals surface area contributed by atoms with Gasteiger partial charge in [0.25, 0.3) is 5.56 Å². The van der Waals surface area contributed by atoms with E-state index < -0.39 is 0 Å². The Morgan fingerprint density at radius 1 is 1.17 bits per heavy atom. The Labute approximate surface area is 139 Å². The van der Waals surface area contributed by atoms with E-state index in [-0.39, 0.29) is 17.8 Å². The maximum absolute atomic E-state index is 12.7. The van der Waals surface area contributed by atoms with E-state index in [2.05, 4.69) is 6.08 Å². The highest BCUT2D eigenvalue weighted by molar-refractivity contribution is 5.79. The molecule has 3 unspecified atom stereocenters. The molecule has 1 aromatic carbocycles. The number of benzene rings is 1. The Bertz CT molecular complexity index is 886. The van der Waals surface area contributed by atoms with Crippen molar-refractivity contribution in [3.8, 4) is 0 Å². The minimum absolute atomic E-state index is 0.0789. The summed E-state index contributed by atoms with van der Waals surface area (Å²) in [6, 6.07) is 7.61. The van der Waals surface area contributed by atoms with Crippen LogP contribution in [0.4, 0.5) is 0 Å². The van der Waals surface area contributed by atoms with Gasteiger partial charge in [0.05, 0.1) is 23.1 Å². The van der Waals surface area contributed by atoms with Crippen molar-refractivity contribution in [2.75, 3.05) is 6.79 Å². The first-order valence-electron chi connectivity index (χ1n) is 8.73. The summed E-state index contributed by atoms with van der Waals surface area (Å²) >= 11 is 0. The van der Waals surface area contributed by atoms with Crippen molar-refractivity contribution >= 4 is 16.5 Å². The summed E-state index contributed by atoms with van der Waals surface area (Å²) < 4.78 is 13.1. The van der Waals surface area contributed by atoms with Gasteiger partial charge in [0, 0.05) is 6.54 Å². The topological polar surface area (TPSA) is 53.4 Å². The fourth-order valence-electron chi connectivity index (χ4n) is 4.27. The van der Waals surface area contributed by atoms with Crippen LogP contribution in [-0.2, 0) is 16.0 Å². The van der Waals surface area contributed by atoms with Crippen LogP contribution in [0.15, 0.2) is 35.1 Å². The number of nitrogens with zero attached hydrogens (tertiary/aromatic N) is 2. The first kappa shape index (κ1) is 14.4. The second-order valence-corrected chi connectivity index (χ2v) is 6.95. The monoisotopic (exact) mass is 324 g/mol. The van der Waals surface area contributed by atoms with Gasteiger partial charge in [-0.2, -0.15) is 0 Å². The van der Waals surface area contributed by atoms with E-state index in [1.807, 2.05) is 28.8 Å². The lowest BCUT2D eigenvalue weighted by atomic mass is 9.84. The van der Waals surface area contributed by atoms with Crippen molar-refractivity contribution in [3.63, 3.8) is 0 Å². The molecule has 24 heavy (non-hydrogen) atoms. The van der Waals surface area contributed by atoms with Crippen LogP contribution in [0.25, 0.3) is 16.5 Å². The molecule has 2 aliphatic heterocycles. The third-order valence-electron chi connectivity index (χ3n) is 5.53. The van der Waals surface area contributed by atoms with Gasteiger partial charge in [-0.15, -0.1) is 0 Å². The number of fused-ring (bicyclic) bond motifs is 3. The molecule has 0 N–H and O–H groups in total. The molecule has 124 valence electrons. The Morgan fingerprint density at radius 2 is 2.04 bits per heavy atom. The minimum Gasteiger partial charge on any atom is -0.349 e. The van der Waals surface area contributed by atoms with E-state index in [0.717, 1.165) is 43.6 Å². The highest BCUT2D eigenvalue weighted by atomic mass is 16.7. The lowest BCUT2D eigenvalue weighted by Crippen LogP contribution is -2.30. The molecular formula is C19H20N2O3. The largest absolute Gasteiger partial charge is 0.349 e. The second kappa shape index (κ2) is 5.53. The van der Waals surface area contributed by atoms with E-state index in [0.29, 0.717) is 18.1 Å². The molecule has 3 heterocycles. The highest BCUT2D eigenvalue weighted by Gasteiger charge is 2.35.